The van der Waals surface area contributed by atoms with Gasteiger partial charge in [0.05, 0.1) is 16.9 Å². The number of para-hydroxylation sites is 1. The van der Waals surface area contributed by atoms with Gasteiger partial charge in [-0.2, -0.15) is 0 Å². The summed E-state index contributed by atoms with van der Waals surface area (Å²) in [6.07, 6.45) is 0. The molecular formula is C15H17N3O4. The topological polar surface area (TPSA) is 139 Å². The second kappa shape index (κ2) is 8.15. The maximum atomic E-state index is 10.4. The Bertz CT molecular complexity index is 644. The molecule has 7 heteroatoms. The number of carboxylic acid groups (broad SMARTS) is 2. The number of hydrogen-bond donors (Lipinski definition) is 5. The average molecular weight is 303 g/mol. The number of benzene rings is 2. The quantitative estimate of drug-likeness (QED) is 0.542. The van der Waals surface area contributed by atoms with Crippen LogP contribution in [0.5, 0.6) is 0 Å². The van der Waals surface area contributed by atoms with Crippen LogP contribution in [0.1, 0.15) is 10.4 Å². The van der Waals surface area contributed by atoms with Crippen molar-refractivity contribution in [3.05, 3.63) is 54.1 Å². The molecule has 22 heavy (non-hydrogen) atoms. The molecule has 0 aromatic heterocycles. The van der Waals surface area contributed by atoms with Gasteiger partial charge >= 0.3 is 11.9 Å². The zero-order valence-electron chi connectivity index (χ0n) is 11.7. The minimum Gasteiger partial charge on any atom is -0.480 e. The largest absolute Gasteiger partial charge is 0.480 e. The van der Waals surface area contributed by atoms with Crippen molar-refractivity contribution >= 4 is 29.0 Å². The third-order valence-corrected chi connectivity index (χ3v) is 2.55. The fourth-order valence-electron chi connectivity index (χ4n) is 1.44. The van der Waals surface area contributed by atoms with Crippen LogP contribution in [-0.2, 0) is 4.79 Å². The molecule has 116 valence electrons. The molecule has 0 saturated carbocycles. The Morgan fingerprint density at radius 3 is 2.09 bits per heavy atom. The van der Waals surface area contributed by atoms with Crippen molar-refractivity contribution in [3.63, 3.8) is 0 Å². The summed E-state index contributed by atoms with van der Waals surface area (Å²) >= 11 is 0. The number of aromatic carboxylic acids is 1. The molecule has 0 amide bonds. The first kappa shape index (κ1) is 16.8. The van der Waals surface area contributed by atoms with E-state index in [2.05, 4.69) is 5.32 Å². The lowest BCUT2D eigenvalue weighted by atomic mass is 10.2. The van der Waals surface area contributed by atoms with Gasteiger partial charge in [-0.25, -0.2) is 4.79 Å². The number of aliphatic carboxylic acids is 1. The summed E-state index contributed by atoms with van der Waals surface area (Å²) in [6, 6.07) is 13.4. The van der Waals surface area contributed by atoms with Crippen LogP contribution in [0.2, 0.25) is 0 Å². The molecule has 0 aliphatic carbocycles. The van der Waals surface area contributed by atoms with E-state index in [0.717, 1.165) is 5.69 Å². The Morgan fingerprint density at radius 2 is 1.59 bits per heavy atom. The van der Waals surface area contributed by atoms with Crippen molar-refractivity contribution in [2.75, 3.05) is 23.3 Å². The van der Waals surface area contributed by atoms with Crippen LogP contribution in [0.15, 0.2) is 48.5 Å². The number of rotatable bonds is 4. The first-order valence-electron chi connectivity index (χ1n) is 6.29. The summed E-state index contributed by atoms with van der Waals surface area (Å²) in [5, 5.41) is 19.6. The molecule has 2 aromatic carbocycles. The minimum absolute atomic E-state index is 0.0377. The number of hydrogen-bond acceptors (Lipinski definition) is 5. The molecule has 2 rings (SSSR count). The summed E-state index contributed by atoms with van der Waals surface area (Å²) < 4.78 is 0. The van der Waals surface area contributed by atoms with Gasteiger partial charge in [0.2, 0.25) is 0 Å². The molecule has 0 aliphatic heterocycles. The Hall–Kier alpha value is -3.22. The molecule has 7 N–H and O–H groups in total. The standard InChI is InChI=1S/C8H9NO2.C7H8N2O2/c10-8(11)6-9-7-4-2-1-3-5-7;8-5-2-1-4(7(10)11)3-6(5)9/h1-5,9H,6H2,(H,10,11);1-3H,8-9H2,(H,10,11). The second-order valence-electron chi connectivity index (χ2n) is 4.26. The minimum atomic E-state index is -1.00. The molecule has 0 heterocycles. The van der Waals surface area contributed by atoms with Crippen LogP contribution >= 0.6 is 0 Å². The zero-order chi connectivity index (χ0) is 16.5. The third-order valence-electron chi connectivity index (χ3n) is 2.55. The molecule has 0 aliphatic rings. The van der Waals surface area contributed by atoms with E-state index in [1.807, 2.05) is 30.3 Å². The highest BCUT2D eigenvalue weighted by Gasteiger charge is 2.03. The highest BCUT2D eigenvalue weighted by atomic mass is 16.4. The number of carbonyl (C=O) groups is 2. The van der Waals surface area contributed by atoms with Crippen molar-refractivity contribution in [1.29, 1.82) is 0 Å². The molecule has 0 spiro atoms. The average Bonchev–Trinajstić information content (AvgIpc) is 2.49. The third kappa shape index (κ3) is 5.83. The zero-order valence-corrected chi connectivity index (χ0v) is 11.7. The van der Waals surface area contributed by atoms with Gasteiger partial charge in [0.25, 0.3) is 0 Å². The van der Waals surface area contributed by atoms with E-state index in [9.17, 15) is 9.59 Å². The van der Waals surface area contributed by atoms with Gasteiger partial charge in [0, 0.05) is 5.69 Å². The maximum absolute atomic E-state index is 10.4. The lowest BCUT2D eigenvalue weighted by Gasteiger charge is -2.00. The fraction of sp³-hybridized carbons (Fsp3) is 0.0667. The molecule has 0 unspecified atom stereocenters. The van der Waals surface area contributed by atoms with E-state index in [1.165, 1.54) is 18.2 Å². The fourth-order valence-corrected chi connectivity index (χ4v) is 1.44. The van der Waals surface area contributed by atoms with E-state index in [0.29, 0.717) is 11.4 Å². The second-order valence-corrected chi connectivity index (χ2v) is 4.26. The molecular weight excluding hydrogens is 286 g/mol. The van der Waals surface area contributed by atoms with Crippen molar-refractivity contribution in [2.24, 2.45) is 0 Å². The summed E-state index contributed by atoms with van der Waals surface area (Å²) in [5.74, 6) is -1.86. The molecule has 0 radical (unpaired) electrons. The number of nitrogens with two attached hydrogens (primary N) is 2. The van der Waals surface area contributed by atoms with Gasteiger partial charge in [-0.05, 0) is 30.3 Å². The Labute approximate surface area is 127 Å². The van der Waals surface area contributed by atoms with Crippen LogP contribution in [0.25, 0.3) is 0 Å². The maximum Gasteiger partial charge on any atom is 0.335 e. The van der Waals surface area contributed by atoms with Gasteiger partial charge in [-0.3, -0.25) is 4.79 Å². The smallest absolute Gasteiger partial charge is 0.335 e. The van der Waals surface area contributed by atoms with E-state index in [1.54, 1.807) is 0 Å². The molecule has 0 saturated heterocycles. The van der Waals surface area contributed by atoms with E-state index < -0.39 is 11.9 Å². The normalized spacial score (nSPS) is 9.27. The number of anilines is 3. The molecule has 0 fully saturated rings. The van der Waals surface area contributed by atoms with Crippen LogP contribution in [-0.4, -0.2) is 28.7 Å². The Balaban J connectivity index is 0.000000220. The van der Waals surface area contributed by atoms with Crippen molar-refractivity contribution in [3.8, 4) is 0 Å². The van der Waals surface area contributed by atoms with Crippen molar-refractivity contribution < 1.29 is 19.8 Å². The molecule has 7 nitrogen and oxygen atoms in total. The van der Waals surface area contributed by atoms with Gasteiger partial charge in [0.15, 0.2) is 0 Å². The van der Waals surface area contributed by atoms with Crippen LogP contribution < -0.4 is 16.8 Å². The highest BCUT2D eigenvalue weighted by Crippen LogP contribution is 2.15. The monoisotopic (exact) mass is 303 g/mol. The first-order chi connectivity index (χ1) is 10.4. The van der Waals surface area contributed by atoms with E-state index in [-0.39, 0.29) is 12.1 Å². The summed E-state index contributed by atoms with van der Waals surface area (Å²) in [4.78, 5) is 20.5. The highest BCUT2D eigenvalue weighted by molar-refractivity contribution is 5.90. The Morgan fingerprint density at radius 1 is 0.955 bits per heavy atom. The predicted octanol–water partition coefficient (Wildman–Crippen LogP) is 1.73. The predicted molar refractivity (Wildman–Crippen MR) is 84.8 cm³/mol. The van der Waals surface area contributed by atoms with Gasteiger partial charge in [-0.15, -0.1) is 0 Å². The van der Waals surface area contributed by atoms with Crippen LogP contribution in [0.4, 0.5) is 17.1 Å². The van der Waals surface area contributed by atoms with Crippen molar-refractivity contribution in [2.45, 2.75) is 0 Å². The summed E-state index contributed by atoms with van der Waals surface area (Å²) in [7, 11) is 0. The molecule has 0 bridgehead atoms. The van der Waals surface area contributed by atoms with E-state index >= 15 is 0 Å². The van der Waals surface area contributed by atoms with Gasteiger partial charge in [-0.1, -0.05) is 18.2 Å². The summed E-state index contributed by atoms with van der Waals surface area (Å²) in [5.41, 5.74) is 12.4. The van der Waals surface area contributed by atoms with Crippen molar-refractivity contribution in [1.82, 2.24) is 0 Å². The first-order valence-corrected chi connectivity index (χ1v) is 6.29. The summed E-state index contributed by atoms with van der Waals surface area (Å²) in [6.45, 7) is -0.0377. The molecule has 2 aromatic rings. The SMILES string of the molecule is Nc1ccc(C(=O)O)cc1N.O=C(O)CNc1ccccc1. The van der Waals surface area contributed by atoms with E-state index in [4.69, 9.17) is 21.7 Å². The number of carboxylic acids is 2. The number of nitrogen functional groups attached to an aromatic ring is 2. The lowest BCUT2D eigenvalue weighted by Crippen LogP contribution is -2.11. The van der Waals surface area contributed by atoms with Gasteiger partial charge < -0.3 is 27.0 Å². The Kier molecular flexibility index (Phi) is 6.24. The lowest BCUT2D eigenvalue weighted by molar-refractivity contribution is -0.134. The van der Waals surface area contributed by atoms with Gasteiger partial charge in [0.1, 0.15) is 6.54 Å². The molecule has 0 atom stereocenters. The van der Waals surface area contributed by atoms with Crippen LogP contribution in [0.3, 0.4) is 0 Å². The van der Waals surface area contributed by atoms with Crippen LogP contribution in [0, 0.1) is 0 Å². The number of nitrogens with one attached hydrogen (secondary N) is 1.